The van der Waals surface area contributed by atoms with Crippen molar-refractivity contribution in [2.75, 3.05) is 13.2 Å². The first-order valence-corrected chi connectivity index (χ1v) is 10.6. The largest absolute Gasteiger partial charge is 0.371 e. The van der Waals surface area contributed by atoms with Crippen LogP contribution in [0, 0.1) is 5.92 Å². The van der Waals surface area contributed by atoms with Gasteiger partial charge in [-0.2, -0.15) is 0 Å². The van der Waals surface area contributed by atoms with Gasteiger partial charge >= 0.3 is 0 Å². The monoisotopic (exact) mass is 400 g/mol. The summed E-state index contributed by atoms with van der Waals surface area (Å²) in [5.41, 5.74) is 1.45. The Balaban J connectivity index is 1.20. The molecule has 0 radical (unpaired) electrons. The Morgan fingerprint density at radius 2 is 2.00 bits per heavy atom. The Bertz CT molecular complexity index is 858. The molecule has 1 amide bonds. The second-order valence-electron chi connectivity index (χ2n) is 8.57. The van der Waals surface area contributed by atoms with E-state index in [9.17, 15) is 4.79 Å². The number of hydrogen-bond acceptors (Lipinski definition) is 6. The van der Waals surface area contributed by atoms with Crippen molar-refractivity contribution < 1.29 is 14.3 Å². The van der Waals surface area contributed by atoms with Crippen molar-refractivity contribution in [3.05, 3.63) is 30.1 Å². The average Bonchev–Trinajstić information content (AvgIpc) is 3.49. The van der Waals surface area contributed by atoms with Crippen LogP contribution in [0.15, 0.2) is 18.7 Å². The lowest BCUT2D eigenvalue weighted by Crippen LogP contribution is -2.44. The summed E-state index contributed by atoms with van der Waals surface area (Å²) in [6.45, 7) is 0.936. The van der Waals surface area contributed by atoms with Gasteiger partial charge in [-0.3, -0.25) is 4.79 Å². The first kappa shape index (κ1) is 18.7. The van der Waals surface area contributed by atoms with E-state index in [0.29, 0.717) is 18.9 Å². The Kier molecular flexibility index (Phi) is 5.09. The fourth-order valence-electron chi connectivity index (χ4n) is 4.86. The van der Waals surface area contributed by atoms with Gasteiger partial charge in [-0.25, -0.2) is 9.67 Å². The molecule has 1 N–H and O–H groups in total. The molecule has 0 bridgehead atoms. The minimum absolute atomic E-state index is 0.00985. The number of aromatic nitrogens is 5. The van der Waals surface area contributed by atoms with Gasteiger partial charge < -0.3 is 19.4 Å². The van der Waals surface area contributed by atoms with Crippen molar-refractivity contribution in [1.82, 2.24) is 29.9 Å². The number of rotatable bonds is 5. The molecule has 2 aromatic rings. The number of nitrogens with zero attached hydrogens (tertiary/aromatic N) is 5. The maximum absolute atomic E-state index is 12.4. The second kappa shape index (κ2) is 7.87. The van der Waals surface area contributed by atoms with Gasteiger partial charge in [0.05, 0.1) is 31.3 Å². The normalized spacial score (nSPS) is 29.8. The number of hydrogen-bond donors (Lipinski definition) is 1. The average molecular weight is 400 g/mol. The maximum atomic E-state index is 12.4. The molecule has 1 saturated carbocycles. The Morgan fingerprint density at radius 1 is 1.17 bits per heavy atom. The van der Waals surface area contributed by atoms with E-state index < -0.39 is 0 Å². The Hall–Kier alpha value is -2.26. The molecular weight excluding hydrogens is 372 g/mol. The number of fused-ring (bicyclic) bond motifs is 1. The van der Waals surface area contributed by atoms with Crippen LogP contribution in [0.4, 0.5) is 0 Å². The van der Waals surface area contributed by atoms with Gasteiger partial charge in [-0.05, 0) is 12.3 Å². The third-order valence-electron chi connectivity index (χ3n) is 6.40. The third-order valence-corrected chi connectivity index (χ3v) is 6.40. The lowest BCUT2D eigenvalue weighted by atomic mass is 9.86. The van der Waals surface area contributed by atoms with Gasteiger partial charge in [-0.15, -0.1) is 5.10 Å². The third kappa shape index (κ3) is 3.81. The van der Waals surface area contributed by atoms with Gasteiger partial charge in [0.15, 0.2) is 0 Å². The van der Waals surface area contributed by atoms with Gasteiger partial charge in [0.1, 0.15) is 23.9 Å². The molecule has 0 aromatic carbocycles. The van der Waals surface area contributed by atoms with Crippen molar-refractivity contribution in [3.63, 3.8) is 0 Å². The standard InChI is InChI=1S/C20H28N6O3/c1-25-9-15(21-12-25)20(27)22-16-10-28-19-17(11-29-18(16)19)26-8-14(23-24-26)7-13-5-3-2-4-6-13/h8-9,12-13,16-19H,2-7,10-11H2,1H3,(H,22,27)/t16-,17-,18+,19+/m0/s1. The lowest BCUT2D eigenvalue weighted by Gasteiger charge is -2.20. The zero-order valence-electron chi connectivity index (χ0n) is 16.7. The first-order valence-electron chi connectivity index (χ1n) is 10.6. The van der Waals surface area contributed by atoms with Gasteiger partial charge in [0.2, 0.25) is 0 Å². The fourth-order valence-corrected chi connectivity index (χ4v) is 4.86. The number of carbonyl (C=O) groups is 1. The first-order chi connectivity index (χ1) is 14.2. The van der Waals surface area contributed by atoms with Crippen LogP contribution in [0.5, 0.6) is 0 Å². The van der Waals surface area contributed by atoms with E-state index in [4.69, 9.17) is 9.47 Å². The highest BCUT2D eigenvalue weighted by Gasteiger charge is 2.49. The molecule has 0 unspecified atom stereocenters. The van der Waals surface area contributed by atoms with Gasteiger partial charge in [-0.1, -0.05) is 37.3 Å². The summed E-state index contributed by atoms with van der Waals surface area (Å²) in [5, 5.41) is 11.8. The van der Waals surface area contributed by atoms with Crippen LogP contribution in [0.2, 0.25) is 0 Å². The molecule has 2 saturated heterocycles. The molecule has 9 heteroatoms. The number of carbonyl (C=O) groups excluding carboxylic acids is 1. The SMILES string of the molecule is Cn1cnc(C(=O)N[C@H]2CO[C@H]3[C@@H]2OC[C@@H]3n2cc(CC3CCCCC3)nn2)c1. The molecule has 3 fully saturated rings. The maximum Gasteiger partial charge on any atom is 0.271 e. The van der Waals surface area contributed by atoms with Crippen LogP contribution in [0.3, 0.4) is 0 Å². The molecule has 9 nitrogen and oxygen atoms in total. The van der Waals surface area contributed by atoms with Crippen molar-refractivity contribution >= 4 is 5.91 Å². The second-order valence-corrected chi connectivity index (χ2v) is 8.57. The summed E-state index contributed by atoms with van der Waals surface area (Å²) in [7, 11) is 1.84. The molecule has 1 aliphatic carbocycles. The summed E-state index contributed by atoms with van der Waals surface area (Å²) >= 11 is 0. The number of aryl methyl sites for hydroxylation is 1. The van der Waals surface area contributed by atoms with Crippen molar-refractivity contribution in [2.24, 2.45) is 13.0 Å². The molecule has 29 heavy (non-hydrogen) atoms. The van der Waals surface area contributed by atoms with E-state index in [2.05, 4.69) is 20.6 Å². The van der Waals surface area contributed by atoms with Crippen LogP contribution in [0.1, 0.15) is 54.3 Å². The zero-order valence-corrected chi connectivity index (χ0v) is 16.7. The highest BCUT2D eigenvalue weighted by molar-refractivity contribution is 5.92. The summed E-state index contributed by atoms with van der Waals surface area (Å²) < 4.78 is 15.7. The molecule has 2 aliphatic heterocycles. The molecule has 2 aromatic heterocycles. The molecule has 3 aliphatic rings. The van der Waals surface area contributed by atoms with E-state index >= 15 is 0 Å². The van der Waals surface area contributed by atoms with Crippen molar-refractivity contribution in [2.45, 2.75) is 62.8 Å². The van der Waals surface area contributed by atoms with E-state index in [0.717, 1.165) is 18.0 Å². The number of amides is 1. The number of imidazole rings is 1. The van der Waals surface area contributed by atoms with Crippen molar-refractivity contribution in [3.8, 4) is 0 Å². The summed E-state index contributed by atoms with van der Waals surface area (Å²) in [4.78, 5) is 16.5. The van der Waals surface area contributed by atoms with E-state index in [1.54, 1.807) is 17.1 Å². The highest BCUT2D eigenvalue weighted by Crippen LogP contribution is 2.34. The van der Waals surface area contributed by atoms with Crippen LogP contribution < -0.4 is 5.32 Å². The molecule has 4 heterocycles. The minimum Gasteiger partial charge on any atom is -0.371 e. The molecule has 156 valence electrons. The topological polar surface area (TPSA) is 96.1 Å². The molecule has 0 spiro atoms. The lowest BCUT2D eigenvalue weighted by molar-refractivity contribution is 0.0613. The van der Waals surface area contributed by atoms with Crippen LogP contribution in [-0.2, 0) is 22.9 Å². The smallest absolute Gasteiger partial charge is 0.271 e. The number of nitrogens with one attached hydrogen (secondary N) is 1. The quantitative estimate of drug-likeness (QED) is 0.812. The summed E-state index contributed by atoms with van der Waals surface area (Å²) in [6, 6.07) is -0.200. The van der Waals surface area contributed by atoms with Gasteiger partial charge in [0, 0.05) is 19.4 Å². The Labute approximate surface area is 169 Å². The summed E-state index contributed by atoms with van der Waals surface area (Å²) in [6.07, 6.45) is 12.7. The molecular formula is C20H28N6O3. The van der Waals surface area contributed by atoms with Crippen LogP contribution >= 0.6 is 0 Å². The Morgan fingerprint density at radius 3 is 2.79 bits per heavy atom. The van der Waals surface area contributed by atoms with E-state index in [1.165, 1.54) is 32.1 Å². The van der Waals surface area contributed by atoms with Gasteiger partial charge in [0.25, 0.3) is 5.91 Å². The van der Waals surface area contributed by atoms with E-state index in [-0.39, 0.29) is 30.2 Å². The highest BCUT2D eigenvalue weighted by atomic mass is 16.6. The molecule has 4 atom stereocenters. The van der Waals surface area contributed by atoms with E-state index in [1.807, 2.05) is 17.9 Å². The van der Waals surface area contributed by atoms with Crippen LogP contribution in [0.25, 0.3) is 0 Å². The van der Waals surface area contributed by atoms with Crippen molar-refractivity contribution in [1.29, 1.82) is 0 Å². The predicted molar refractivity (Wildman–Crippen MR) is 103 cm³/mol. The van der Waals surface area contributed by atoms with Crippen LogP contribution in [-0.4, -0.2) is 61.9 Å². The fraction of sp³-hybridized carbons (Fsp3) is 0.700. The number of ether oxygens (including phenoxy) is 2. The minimum atomic E-state index is -0.206. The summed E-state index contributed by atoms with van der Waals surface area (Å²) in [5.74, 6) is 0.526. The predicted octanol–water partition coefficient (Wildman–Crippen LogP) is 1.27. The zero-order chi connectivity index (χ0) is 19.8. The molecule has 5 rings (SSSR count).